The summed E-state index contributed by atoms with van der Waals surface area (Å²) < 4.78 is 1.59. The molecule has 1 aromatic heterocycles. The molecule has 1 amide bonds. The summed E-state index contributed by atoms with van der Waals surface area (Å²) in [4.78, 5) is 30.1. The maximum Gasteiger partial charge on any atom is 0.294 e. The van der Waals surface area contributed by atoms with Crippen molar-refractivity contribution >= 4 is 11.6 Å². The number of benzene rings is 1. The second kappa shape index (κ2) is 6.31. The van der Waals surface area contributed by atoms with Crippen LogP contribution in [0.2, 0.25) is 0 Å². The minimum atomic E-state index is -0.441. The Morgan fingerprint density at radius 3 is 2.52 bits per heavy atom. The molecule has 2 aliphatic rings. The molecule has 7 nitrogen and oxygen atoms in total. The Kier molecular flexibility index (Phi) is 3.99. The molecule has 0 bridgehead atoms. The summed E-state index contributed by atoms with van der Waals surface area (Å²) in [5.41, 5.74) is 0.735. The van der Waals surface area contributed by atoms with E-state index in [0.717, 1.165) is 38.5 Å². The van der Waals surface area contributed by atoms with Crippen LogP contribution < -0.4 is 0 Å². The van der Waals surface area contributed by atoms with E-state index in [1.165, 1.54) is 12.4 Å². The predicted octanol–water partition coefficient (Wildman–Crippen LogP) is 3.33. The number of amides is 1. The zero-order valence-electron chi connectivity index (χ0n) is 13.9. The van der Waals surface area contributed by atoms with Gasteiger partial charge in [0.05, 0.1) is 11.3 Å². The smallest absolute Gasteiger partial charge is 0.294 e. The zero-order valence-corrected chi connectivity index (χ0v) is 13.9. The van der Waals surface area contributed by atoms with Gasteiger partial charge in [0.1, 0.15) is 5.69 Å². The Balaban J connectivity index is 1.68. The van der Waals surface area contributed by atoms with Gasteiger partial charge in [0, 0.05) is 36.1 Å². The number of imidazole rings is 1. The normalized spacial score (nSPS) is 17.6. The Bertz CT molecular complexity index is 793. The van der Waals surface area contributed by atoms with E-state index in [1.807, 2.05) is 4.90 Å². The van der Waals surface area contributed by atoms with Crippen molar-refractivity contribution in [1.29, 1.82) is 0 Å². The molecule has 0 saturated heterocycles. The van der Waals surface area contributed by atoms with E-state index >= 15 is 0 Å². The minimum absolute atomic E-state index is 0.0744. The number of carbonyl (C=O) groups excluding carboxylic acids is 1. The van der Waals surface area contributed by atoms with Gasteiger partial charge in [-0.15, -0.1) is 0 Å². The van der Waals surface area contributed by atoms with Gasteiger partial charge in [0.25, 0.3) is 11.6 Å². The molecule has 0 unspecified atom stereocenters. The van der Waals surface area contributed by atoms with Gasteiger partial charge in [0.2, 0.25) is 0 Å². The standard InChI is InChI=1S/C18H20N4O3/c23-18(21(15-6-7-15)14-3-1-2-4-14)13-5-8-16(17(11-13)22(24)25)20-10-9-19-12-20/h5,8-12,14-15H,1-4,6-7H2. The van der Waals surface area contributed by atoms with Crippen LogP contribution in [0.15, 0.2) is 36.9 Å². The highest BCUT2D eigenvalue weighted by atomic mass is 16.6. The first-order valence-corrected chi connectivity index (χ1v) is 8.74. The summed E-state index contributed by atoms with van der Waals surface area (Å²) in [5.74, 6) is -0.0744. The number of hydrogen-bond donors (Lipinski definition) is 0. The van der Waals surface area contributed by atoms with E-state index in [-0.39, 0.29) is 17.6 Å². The fourth-order valence-electron chi connectivity index (χ4n) is 3.74. The molecule has 25 heavy (non-hydrogen) atoms. The highest BCUT2D eigenvalue weighted by Gasteiger charge is 2.39. The van der Waals surface area contributed by atoms with Gasteiger partial charge in [-0.1, -0.05) is 12.8 Å². The molecule has 2 fully saturated rings. The van der Waals surface area contributed by atoms with Gasteiger partial charge in [-0.05, 0) is 37.8 Å². The summed E-state index contributed by atoms with van der Waals surface area (Å²) in [7, 11) is 0. The molecular weight excluding hydrogens is 320 g/mol. The van der Waals surface area contributed by atoms with Crippen LogP contribution in [0.5, 0.6) is 0 Å². The largest absolute Gasteiger partial charge is 0.333 e. The van der Waals surface area contributed by atoms with Crippen LogP contribution >= 0.6 is 0 Å². The number of nitro groups is 1. The highest BCUT2D eigenvalue weighted by Crippen LogP contribution is 2.36. The molecule has 0 atom stereocenters. The van der Waals surface area contributed by atoms with Crippen molar-refractivity contribution in [3.63, 3.8) is 0 Å². The summed E-state index contributed by atoms with van der Waals surface area (Å²) in [6.07, 6.45) is 11.2. The third-order valence-corrected chi connectivity index (χ3v) is 5.09. The Morgan fingerprint density at radius 2 is 1.92 bits per heavy atom. The SMILES string of the molecule is O=C(c1ccc(-n2ccnc2)c([N+](=O)[O-])c1)N(C1CCCC1)C1CC1. The van der Waals surface area contributed by atoms with E-state index in [9.17, 15) is 14.9 Å². The lowest BCUT2D eigenvalue weighted by atomic mass is 10.1. The number of carbonyl (C=O) groups is 1. The van der Waals surface area contributed by atoms with Crippen LogP contribution in [-0.2, 0) is 0 Å². The molecule has 1 heterocycles. The first kappa shape index (κ1) is 15.8. The molecule has 2 saturated carbocycles. The molecule has 0 aliphatic heterocycles. The zero-order chi connectivity index (χ0) is 17.4. The van der Waals surface area contributed by atoms with E-state index in [1.54, 1.807) is 29.1 Å². The maximum absolute atomic E-state index is 13.1. The fourth-order valence-corrected chi connectivity index (χ4v) is 3.74. The minimum Gasteiger partial charge on any atom is -0.333 e. The Labute approximate surface area is 145 Å². The molecule has 0 N–H and O–H groups in total. The Hall–Kier alpha value is -2.70. The summed E-state index contributed by atoms with van der Waals surface area (Å²) in [6, 6.07) is 5.32. The third kappa shape index (κ3) is 3.01. The lowest BCUT2D eigenvalue weighted by Crippen LogP contribution is -2.40. The van der Waals surface area contributed by atoms with Crippen LogP contribution in [0.25, 0.3) is 5.69 Å². The van der Waals surface area contributed by atoms with Crippen LogP contribution in [0, 0.1) is 10.1 Å². The van der Waals surface area contributed by atoms with Gasteiger partial charge in [-0.2, -0.15) is 0 Å². The van der Waals surface area contributed by atoms with E-state index in [0.29, 0.717) is 17.3 Å². The van der Waals surface area contributed by atoms with E-state index < -0.39 is 4.92 Å². The van der Waals surface area contributed by atoms with Crippen LogP contribution in [0.4, 0.5) is 5.69 Å². The molecular formula is C18H20N4O3. The number of rotatable bonds is 5. The van der Waals surface area contributed by atoms with Gasteiger partial charge in [-0.3, -0.25) is 14.9 Å². The number of aromatic nitrogens is 2. The third-order valence-electron chi connectivity index (χ3n) is 5.09. The molecule has 0 spiro atoms. The molecule has 1 aromatic carbocycles. The van der Waals surface area contributed by atoms with Crippen molar-refractivity contribution in [2.75, 3.05) is 0 Å². The van der Waals surface area contributed by atoms with E-state index in [4.69, 9.17) is 0 Å². The van der Waals surface area contributed by atoms with Crippen molar-refractivity contribution in [2.24, 2.45) is 0 Å². The molecule has 130 valence electrons. The second-order valence-electron chi connectivity index (χ2n) is 6.81. The molecule has 0 radical (unpaired) electrons. The van der Waals surface area contributed by atoms with E-state index in [2.05, 4.69) is 4.98 Å². The van der Waals surface area contributed by atoms with Crippen molar-refractivity contribution in [3.05, 3.63) is 52.6 Å². The van der Waals surface area contributed by atoms with Crippen molar-refractivity contribution in [2.45, 2.75) is 50.6 Å². The number of nitro benzene ring substituents is 1. The first-order chi connectivity index (χ1) is 12.1. The monoisotopic (exact) mass is 340 g/mol. The highest BCUT2D eigenvalue weighted by molar-refractivity contribution is 5.96. The number of hydrogen-bond acceptors (Lipinski definition) is 4. The average molecular weight is 340 g/mol. The van der Waals surface area contributed by atoms with Gasteiger partial charge >= 0.3 is 0 Å². The van der Waals surface area contributed by atoms with Crippen LogP contribution in [-0.4, -0.2) is 37.4 Å². The fraction of sp³-hybridized carbons (Fsp3) is 0.444. The van der Waals surface area contributed by atoms with Gasteiger partial charge in [-0.25, -0.2) is 4.98 Å². The summed E-state index contributed by atoms with van der Waals surface area (Å²) in [5, 5.41) is 11.5. The summed E-state index contributed by atoms with van der Waals surface area (Å²) in [6.45, 7) is 0. The lowest BCUT2D eigenvalue weighted by Gasteiger charge is -2.29. The van der Waals surface area contributed by atoms with Crippen molar-refractivity contribution < 1.29 is 9.72 Å². The lowest BCUT2D eigenvalue weighted by molar-refractivity contribution is -0.384. The maximum atomic E-state index is 13.1. The van der Waals surface area contributed by atoms with Crippen molar-refractivity contribution in [3.8, 4) is 5.69 Å². The van der Waals surface area contributed by atoms with Crippen molar-refractivity contribution in [1.82, 2.24) is 14.5 Å². The topological polar surface area (TPSA) is 81.3 Å². The Morgan fingerprint density at radius 1 is 1.20 bits per heavy atom. The predicted molar refractivity (Wildman–Crippen MR) is 91.7 cm³/mol. The van der Waals surface area contributed by atoms with Gasteiger partial charge in [0.15, 0.2) is 0 Å². The van der Waals surface area contributed by atoms with Crippen LogP contribution in [0.1, 0.15) is 48.9 Å². The molecule has 7 heteroatoms. The summed E-state index contributed by atoms with van der Waals surface area (Å²) >= 11 is 0. The number of nitrogens with zero attached hydrogens (tertiary/aromatic N) is 4. The van der Waals surface area contributed by atoms with Gasteiger partial charge < -0.3 is 9.47 Å². The molecule has 4 rings (SSSR count). The second-order valence-corrected chi connectivity index (χ2v) is 6.81. The molecule has 2 aliphatic carbocycles. The average Bonchev–Trinajstić information content (AvgIpc) is 3.08. The van der Waals surface area contributed by atoms with Crippen LogP contribution in [0.3, 0.4) is 0 Å². The first-order valence-electron chi connectivity index (χ1n) is 8.74. The molecule has 2 aromatic rings. The quantitative estimate of drug-likeness (QED) is 0.617.